The summed E-state index contributed by atoms with van der Waals surface area (Å²) in [5, 5.41) is 6.80. The van der Waals surface area contributed by atoms with Gasteiger partial charge in [-0.1, -0.05) is 0 Å². The molecule has 2 N–H and O–H groups in total. The minimum absolute atomic E-state index is 0.541. The topological polar surface area (TPSA) is 52.1 Å². The Morgan fingerprint density at radius 2 is 2.05 bits per heavy atom. The molecule has 0 amide bonds. The first-order chi connectivity index (χ1) is 10.7. The molecule has 0 spiro atoms. The Hall–Kier alpha value is -0.850. The van der Waals surface area contributed by atoms with E-state index in [1.165, 1.54) is 12.8 Å². The molecule has 6 nitrogen and oxygen atoms in total. The summed E-state index contributed by atoms with van der Waals surface area (Å²) in [6.07, 6.45) is 3.75. The number of rotatable bonds is 8. The molecule has 1 unspecified atom stereocenters. The Kier molecular flexibility index (Phi) is 7.42. The van der Waals surface area contributed by atoms with E-state index in [4.69, 9.17) is 4.74 Å². The first-order valence-corrected chi connectivity index (χ1v) is 8.60. The minimum Gasteiger partial charge on any atom is -0.381 e. The predicted octanol–water partition coefficient (Wildman–Crippen LogP) is 0.214. The van der Waals surface area contributed by atoms with E-state index in [0.717, 1.165) is 64.2 Å². The van der Waals surface area contributed by atoms with Crippen molar-refractivity contribution in [3.8, 4) is 0 Å². The van der Waals surface area contributed by atoms with E-state index in [-0.39, 0.29) is 0 Å². The van der Waals surface area contributed by atoms with Gasteiger partial charge in [-0.2, -0.15) is 0 Å². The number of nitrogens with zero attached hydrogens (tertiary/aromatic N) is 3. The van der Waals surface area contributed by atoms with Crippen LogP contribution in [0.2, 0.25) is 0 Å². The molecule has 22 heavy (non-hydrogen) atoms. The van der Waals surface area contributed by atoms with Crippen LogP contribution in [0.5, 0.6) is 0 Å². The van der Waals surface area contributed by atoms with Crippen molar-refractivity contribution in [1.82, 2.24) is 20.4 Å². The summed E-state index contributed by atoms with van der Waals surface area (Å²) in [4.78, 5) is 9.11. The third kappa shape index (κ3) is 6.50. The van der Waals surface area contributed by atoms with Gasteiger partial charge in [-0.15, -0.1) is 0 Å². The molecule has 1 aliphatic heterocycles. The maximum absolute atomic E-state index is 5.64. The Labute approximate surface area is 135 Å². The smallest absolute Gasteiger partial charge is 0.191 e. The first-order valence-electron chi connectivity index (χ1n) is 8.60. The molecule has 1 aliphatic carbocycles. The van der Waals surface area contributed by atoms with Gasteiger partial charge in [0.05, 0.1) is 0 Å². The fourth-order valence-corrected chi connectivity index (χ4v) is 2.67. The first kappa shape index (κ1) is 17.5. The molecule has 0 bridgehead atoms. The van der Waals surface area contributed by atoms with Gasteiger partial charge in [0.15, 0.2) is 5.96 Å². The van der Waals surface area contributed by atoms with Crippen molar-refractivity contribution in [3.63, 3.8) is 0 Å². The number of piperazine rings is 1. The quantitative estimate of drug-likeness (QED) is 0.381. The van der Waals surface area contributed by atoms with Crippen molar-refractivity contribution in [3.05, 3.63) is 0 Å². The van der Waals surface area contributed by atoms with Crippen LogP contribution in [0.25, 0.3) is 0 Å². The molecule has 6 heteroatoms. The monoisotopic (exact) mass is 311 g/mol. The van der Waals surface area contributed by atoms with E-state index in [1.807, 2.05) is 7.05 Å². The SMILES string of the molecule is CN=C(NCCCOCC1CC1)NCC1CN(C)CCN1C. The van der Waals surface area contributed by atoms with Crippen molar-refractivity contribution >= 4 is 5.96 Å². The summed E-state index contributed by atoms with van der Waals surface area (Å²) in [5.74, 6) is 1.75. The van der Waals surface area contributed by atoms with Crippen LogP contribution >= 0.6 is 0 Å². The Balaban J connectivity index is 1.54. The van der Waals surface area contributed by atoms with Gasteiger partial charge in [-0.3, -0.25) is 9.89 Å². The molecule has 0 radical (unpaired) electrons. The molecule has 2 aliphatic rings. The second kappa shape index (κ2) is 9.33. The van der Waals surface area contributed by atoms with Gasteiger partial charge in [0.1, 0.15) is 0 Å². The highest BCUT2D eigenvalue weighted by atomic mass is 16.5. The van der Waals surface area contributed by atoms with Crippen molar-refractivity contribution in [2.75, 3.05) is 67.1 Å². The second-order valence-electron chi connectivity index (χ2n) is 6.65. The fourth-order valence-electron chi connectivity index (χ4n) is 2.67. The van der Waals surface area contributed by atoms with Crippen molar-refractivity contribution in [2.45, 2.75) is 25.3 Å². The zero-order chi connectivity index (χ0) is 15.8. The number of guanidine groups is 1. The van der Waals surface area contributed by atoms with Gasteiger partial charge < -0.3 is 20.3 Å². The van der Waals surface area contributed by atoms with Gasteiger partial charge in [-0.05, 0) is 39.3 Å². The molecular weight excluding hydrogens is 278 g/mol. The molecule has 2 fully saturated rings. The van der Waals surface area contributed by atoms with Crippen molar-refractivity contribution in [2.24, 2.45) is 10.9 Å². The highest BCUT2D eigenvalue weighted by Gasteiger charge is 2.22. The normalized spacial score (nSPS) is 24.5. The maximum atomic E-state index is 5.64. The van der Waals surface area contributed by atoms with Crippen LogP contribution in [0.4, 0.5) is 0 Å². The van der Waals surface area contributed by atoms with Gasteiger partial charge >= 0.3 is 0 Å². The number of hydrogen-bond donors (Lipinski definition) is 2. The van der Waals surface area contributed by atoms with E-state index in [9.17, 15) is 0 Å². The lowest BCUT2D eigenvalue weighted by molar-refractivity contribution is 0.116. The molecule has 0 aromatic rings. The van der Waals surface area contributed by atoms with Gasteiger partial charge in [0.2, 0.25) is 0 Å². The lowest BCUT2D eigenvalue weighted by Gasteiger charge is -2.37. The number of aliphatic imine (C=N–C) groups is 1. The molecule has 1 atom stereocenters. The molecule has 2 rings (SSSR count). The minimum atomic E-state index is 0.541. The van der Waals surface area contributed by atoms with E-state index in [0.29, 0.717) is 6.04 Å². The van der Waals surface area contributed by atoms with Crippen LogP contribution in [0, 0.1) is 5.92 Å². The maximum Gasteiger partial charge on any atom is 0.191 e. The highest BCUT2D eigenvalue weighted by Crippen LogP contribution is 2.28. The van der Waals surface area contributed by atoms with Crippen LogP contribution < -0.4 is 10.6 Å². The zero-order valence-electron chi connectivity index (χ0n) is 14.5. The summed E-state index contributed by atoms with van der Waals surface area (Å²) in [6.45, 7) is 7.03. The lowest BCUT2D eigenvalue weighted by atomic mass is 10.2. The van der Waals surface area contributed by atoms with E-state index >= 15 is 0 Å². The number of hydrogen-bond acceptors (Lipinski definition) is 4. The van der Waals surface area contributed by atoms with E-state index in [1.54, 1.807) is 0 Å². The largest absolute Gasteiger partial charge is 0.381 e. The molecule has 1 heterocycles. The van der Waals surface area contributed by atoms with Crippen molar-refractivity contribution < 1.29 is 4.74 Å². The summed E-state index contributed by atoms with van der Waals surface area (Å²) in [6, 6.07) is 0.541. The third-order valence-electron chi connectivity index (χ3n) is 4.52. The van der Waals surface area contributed by atoms with Crippen LogP contribution in [0.15, 0.2) is 4.99 Å². The molecule has 1 saturated heterocycles. The van der Waals surface area contributed by atoms with Gasteiger partial charge in [0.25, 0.3) is 0 Å². The van der Waals surface area contributed by atoms with Gasteiger partial charge in [-0.25, -0.2) is 0 Å². The summed E-state index contributed by atoms with van der Waals surface area (Å²) in [5.41, 5.74) is 0. The Morgan fingerprint density at radius 1 is 1.23 bits per heavy atom. The lowest BCUT2D eigenvalue weighted by Crippen LogP contribution is -2.55. The number of nitrogens with one attached hydrogen (secondary N) is 2. The summed E-state index contributed by atoms with van der Waals surface area (Å²) < 4.78 is 5.64. The molecule has 1 saturated carbocycles. The van der Waals surface area contributed by atoms with Crippen LogP contribution in [0.3, 0.4) is 0 Å². The standard InChI is InChI=1S/C16H33N5O/c1-17-16(18-7-4-10-22-13-14-5-6-14)19-11-15-12-20(2)8-9-21(15)3/h14-15H,4-13H2,1-3H3,(H2,17,18,19). The summed E-state index contributed by atoms with van der Waals surface area (Å²) >= 11 is 0. The molecule has 0 aromatic carbocycles. The molecule has 0 aromatic heterocycles. The van der Waals surface area contributed by atoms with E-state index in [2.05, 4.69) is 39.5 Å². The number of likely N-dealkylation sites (N-methyl/N-ethyl adjacent to an activating group) is 2. The van der Waals surface area contributed by atoms with Crippen LogP contribution in [-0.4, -0.2) is 88.9 Å². The van der Waals surface area contributed by atoms with Crippen LogP contribution in [-0.2, 0) is 4.74 Å². The summed E-state index contributed by atoms with van der Waals surface area (Å²) in [7, 11) is 6.22. The molecular formula is C16H33N5O. The molecule has 128 valence electrons. The second-order valence-corrected chi connectivity index (χ2v) is 6.65. The average Bonchev–Trinajstić information content (AvgIpc) is 3.33. The highest BCUT2D eigenvalue weighted by molar-refractivity contribution is 5.79. The fraction of sp³-hybridized carbons (Fsp3) is 0.938. The number of ether oxygens (including phenoxy) is 1. The Morgan fingerprint density at radius 3 is 2.77 bits per heavy atom. The van der Waals surface area contributed by atoms with Gasteiger partial charge in [0, 0.05) is 59.0 Å². The zero-order valence-corrected chi connectivity index (χ0v) is 14.5. The third-order valence-corrected chi connectivity index (χ3v) is 4.52. The van der Waals surface area contributed by atoms with E-state index < -0.39 is 0 Å². The Bertz CT molecular complexity index is 345. The average molecular weight is 311 g/mol. The van der Waals surface area contributed by atoms with Crippen molar-refractivity contribution in [1.29, 1.82) is 0 Å². The van der Waals surface area contributed by atoms with Crippen LogP contribution in [0.1, 0.15) is 19.3 Å². The predicted molar refractivity (Wildman–Crippen MR) is 91.4 cm³/mol.